The second kappa shape index (κ2) is 10.4. The lowest BCUT2D eigenvalue weighted by atomic mass is 10.0. The Morgan fingerprint density at radius 1 is 0.952 bits per heavy atom. The third kappa shape index (κ3) is 4.57. The number of hydrogen-bond donors (Lipinski definition) is 1. The fourth-order valence-electron chi connectivity index (χ4n) is 5.53. The second-order valence-corrected chi connectivity index (χ2v) is 11.4. The normalized spacial score (nSPS) is 15.6. The minimum atomic E-state index is -0.754. The molecule has 8 nitrogen and oxygen atoms in total. The number of thioether (sulfide) groups is 1. The largest absolute Gasteiger partial charge is 0.454 e. The summed E-state index contributed by atoms with van der Waals surface area (Å²) in [7, 11) is 0. The Kier molecular flexibility index (Phi) is 6.43. The maximum absolute atomic E-state index is 13.3. The molecular formula is C33H23N3O5S. The van der Waals surface area contributed by atoms with Gasteiger partial charge in [-0.2, -0.15) is 0 Å². The molecule has 2 aromatic heterocycles. The zero-order chi connectivity index (χ0) is 28.8. The number of imide groups is 1. The van der Waals surface area contributed by atoms with Crippen molar-refractivity contribution in [2.24, 2.45) is 0 Å². The fraction of sp³-hybridized carbons (Fsp3) is 0.121. The summed E-state index contributed by atoms with van der Waals surface area (Å²) in [6.45, 7) is -0.431. The lowest BCUT2D eigenvalue weighted by molar-refractivity contribution is -0.121. The molecule has 1 aliphatic carbocycles. The number of ether oxygens (including phenoxy) is 1. The number of pyridine rings is 1. The van der Waals surface area contributed by atoms with E-state index in [2.05, 4.69) is 22.1 Å². The van der Waals surface area contributed by atoms with Gasteiger partial charge in [0.25, 0.3) is 0 Å². The maximum Gasteiger partial charge on any atom is 0.341 e. The Labute approximate surface area is 244 Å². The number of benzene rings is 3. The number of nitrogens with one attached hydrogen (secondary N) is 1. The second-order valence-electron chi connectivity index (χ2n) is 10.2. The van der Waals surface area contributed by atoms with Crippen LogP contribution in [0.1, 0.15) is 38.3 Å². The standard InChI is InChI=1S/C33H23N3O5S/c37-28(21-8-10-25-22(15-21)14-20-4-1-2-5-24(20)25)18-41-33(40)26-6-3-12-35-31(26)42-29-17-30(38)36(32(29)39)23-9-7-19-11-13-34-27(19)16-23/h1-13,15-16,29,34H,14,17-18H2. The van der Waals surface area contributed by atoms with E-state index in [1.165, 1.54) is 28.3 Å². The lowest BCUT2D eigenvalue weighted by Gasteiger charge is -2.15. The van der Waals surface area contributed by atoms with E-state index in [4.69, 9.17) is 4.74 Å². The SMILES string of the molecule is O=C(COC(=O)c1cccnc1SC1CC(=O)N(c2ccc3cc[nH]c3c2)C1=O)c1ccc2c(c1)Cc1ccccc1-2. The monoisotopic (exact) mass is 573 g/mol. The number of amides is 2. The molecule has 1 aliphatic heterocycles. The summed E-state index contributed by atoms with van der Waals surface area (Å²) >= 11 is 1.04. The number of carbonyl (C=O) groups excluding carboxylic acids is 4. The maximum atomic E-state index is 13.3. The average Bonchev–Trinajstić information content (AvgIpc) is 3.70. The first-order valence-corrected chi connectivity index (χ1v) is 14.3. The number of ketones is 1. The summed E-state index contributed by atoms with van der Waals surface area (Å²) in [5.41, 5.74) is 6.48. The van der Waals surface area contributed by atoms with Gasteiger partial charge in [-0.1, -0.05) is 54.2 Å². The van der Waals surface area contributed by atoms with Crippen molar-refractivity contribution in [3.63, 3.8) is 0 Å². The molecule has 3 heterocycles. The number of carbonyl (C=O) groups is 4. The number of H-pyrrole nitrogens is 1. The first-order valence-electron chi connectivity index (χ1n) is 13.4. The number of anilines is 1. The quantitative estimate of drug-likeness (QED) is 0.150. The minimum absolute atomic E-state index is 0.0298. The van der Waals surface area contributed by atoms with E-state index in [0.29, 0.717) is 11.3 Å². The van der Waals surface area contributed by atoms with Gasteiger partial charge in [0.05, 0.1) is 16.5 Å². The van der Waals surface area contributed by atoms with E-state index < -0.39 is 17.8 Å². The van der Waals surface area contributed by atoms with Crippen molar-refractivity contribution in [2.45, 2.75) is 23.1 Å². The number of rotatable bonds is 7. The summed E-state index contributed by atoms with van der Waals surface area (Å²) in [5.74, 6) is -1.74. The van der Waals surface area contributed by atoms with Gasteiger partial charge in [0.15, 0.2) is 12.4 Å². The number of fused-ring (bicyclic) bond motifs is 4. The number of nitrogens with zero attached hydrogens (tertiary/aromatic N) is 2. The number of aromatic amines is 1. The Morgan fingerprint density at radius 2 is 1.81 bits per heavy atom. The highest BCUT2D eigenvalue weighted by Crippen LogP contribution is 2.37. The Bertz CT molecular complexity index is 1930. The van der Waals surface area contributed by atoms with Crippen LogP contribution in [0.25, 0.3) is 22.0 Å². The summed E-state index contributed by atoms with van der Waals surface area (Å²) in [4.78, 5) is 60.7. The molecule has 3 aromatic carbocycles. The van der Waals surface area contributed by atoms with E-state index in [-0.39, 0.29) is 34.6 Å². The summed E-state index contributed by atoms with van der Waals surface area (Å²) < 4.78 is 5.39. The van der Waals surface area contributed by atoms with Crippen molar-refractivity contribution in [3.05, 3.63) is 114 Å². The van der Waals surface area contributed by atoms with Crippen LogP contribution < -0.4 is 4.90 Å². The van der Waals surface area contributed by atoms with Crippen molar-refractivity contribution in [3.8, 4) is 11.1 Å². The van der Waals surface area contributed by atoms with Gasteiger partial charge >= 0.3 is 5.97 Å². The molecular weight excluding hydrogens is 550 g/mol. The molecule has 2 amide bonds. The van der Waals surface area contributed by atoms with Gasteiger partial charge in [-0.25, -0.2) is 14.7 Å². The molecule has 2 aliphatic rings. The average molecular weight is 574 g/mol. The Morgan fingerprint density at radius 3 is 2.71 bits per heavy atom. The van der Waals surface area contributed by atoms with Crippen LogP contribution in [0.5, 0.6) is 0 Å². The number of aromatic nitrogens is 2. The van der Waals surface area contributed by atoms with Gasteiger partial charge < -0.3 is 9.72 Å². The molecule has 7 rings (SSSR count). The number of hydrogen-bond acceptors (Lipinski definition) is 7. The Hall–Kier alpha value is -5.02. The third-order valence-corrected chi connectivity index (χ3v) is 8.80. The number of esters is 1. The molecule has 42 heavy (non-hydrogen) atoms. The zero-order valence-corrected chi connectivity index (χ0v) is 23.0. The van der Waals surface area contributed by atoms with Crippen LogP contribution in [-0.4, -0.2) is 45.4 Å². The number of Topliss-reactive ketones (excluding diaryl/α,β-unsaturated/α-hetero) is 1. The van der Waals surface area contributed by atoms with E-state index in [9.17, 15) is 19.2 Å². The summed E-state index contributed by atoms with van der Waals surface area (Å²) in [6.07, 6.45) is 4.02. The predicted molar refractivity (Wildman–Crippen MR) is 159 cm³/mol. The molecule has 0 radical (unpaired) electrons. The predicted octanol–water partition coefficient (Wildman–Crippen LogP) is 5.60. The van der Waals surface area contributed by atoms with Gasteiger partial charge in [0.2, 0.25) is 11.8 Å². The van der Waals surface area contributed by atoms with E-state index in [0.717, 1.165) is 40.2 Å². The third-order valence-electron chi connectivity index (χ3n) is 7.60. The van der Waals surface area contributed by atoms with Crippen molar-refractivity contribution in [1.29, 1.82) is 0 Å². The molecule has 0 spiro atoms. The highest BCUT2D eigenvalue weighted by Gasteiger charge is 2.41. The van der Waals surface area contributed by atoms with Gasteiger partial charge in [0.1, 0.15) is 5.03 Å². The van der Waals surface area contributed by atoms with E-state index >= 15 is 0 Å². The van der Waals surface area contributed by atoms with Crippen LogP contribution in [0, 0.1) is 0 Å². The van der Waals surface area contributed by atoms with E-state index in [1.54, 1.807) is 30.5 Å². The lowest BCUT2D eigenvalue weighted by Crippen LogP contribution is -2.31. The van der Waals surface area contributed by atoms with Crippen molar-refractivity contribution < 1.29 is 23.9 Å². The highest BCUT2D eigenvalue weighted by molar-refractivity contribution is 8.00. The molecule has 1 unspecified atom stereocenters. The van der Waals surface area contributed by atoms with Crippen molar-refractivity contribution >= 4 is 51.9 Å². The van der Waals surface area contributed by atoms with Crippen LogP contribution in [0.2, 0.25) is 0 Å². The van der Waals surface area contributed by atoms with Gasteiger partial charge in [-0.15, -0.1) is 0 Å². The molecule has 1 atom stereocenters. The van der Waals surface area contributed by atoms with Crippen molar-refractivity contribution in [2.75, 3.05) is 11.5 Å². The zero-order valence-electron chi connectivity index (χ0n) is 22.2. The minimum Gasteiger partial charge on any atom is -0.454 e. The van der Waals surface area contributed by atoms with Crippen LogP contribution in [0.4, 0.5) is 5.69 Å². The summed E-state index contributed by atoms with van der Waals surface area (Å²) in [5, 5.41) is 0.481. The molecule has 0 bridgehead atoms. The van der Waals surface area contributed by atoms with Crippen LogP contribution >= 0.6 is 11.8 Å². The molecule has 0 saturated carbocycles. The summed E-state index contributed by atoms with van der Waals surface area (Å²) in [6, 6.07) is 24.1. The molecule has 1 saturated heterocycles. The smallest absolute Gasteiger partial charge is 0.341 e. The van der Waals surface area contributed by atoms with Gasteiger partial charge in [-0.05, 0) is 70.5 Å². The topological polar surface area (TPSA) is 109 Å². The van der Waals surface area contributed by atoms with E-state index in [1.807, 2.05) is 36.4 Å². The van der Waals surface area contributed by atoms with Gasteiger partial charge in [-0.3, -0.25) is 14.4 Å². The first-order chi connectivity index (χ1) is 20.5. The molecule has 1 fully saturated rings. The van der Waals surface area contributed by atoms with Crippen LogP contribution in [-0.2, 0) is 20.7 Å². The molecule has 5 aromatic rings. The molecule has 1 N–H and O–H groups in total. The molecule has 206 valence electrons. The van der Waals surface area contributed by atoms with Gasteiger partial charge in [0, 0.05) is 29.9 Å². The Balaban J connectivity index is 1.03. The first kappa shape index (κ1) is 25.9. The van der Waals surface area contributed by atoms with Crippen LogP contribution in [0.15, 0.2) is 96.3 Å². The van der Waals surface area contributed by atoms with Crippen LogP contribution in [0.3, 0.4) is 0 Å². The molecule has 9 heteroatoms. The fourth-order valence-corrected chi connectivity index (χ4v) is 6.63. The van der Waals surface area contributed by atoms with Crippen molar-refractivity contribution in [1.82, 2.24) is 9.97 Å². The highest BCUT2D eigenvalue weighted by atomic mass is 32.2.